The van der Waals surface area contributed by atoms with Crippen molar-refractivity contribution in [2.24, 2.45) is 0 Å². The molecule has 25 heavy (non-hydrogen) atoms. The Hall–Kier alpha value is -2.20. The lowest BCUT2D eigenvalue weighted by Crippen LogP contribution is -2.06. The van der Waals surface area contributed by atoms with Gasteiger partial charge in [-0.2, -0.15) is 0 Å². The van der Waals surface area contributed by atoms with Crippen LogP contribution in [0.4, 0.5) is 18.9 Å². The highest BCUT2D eigenvalue weighted by molar-refractivity contribution is 6.32. The van der Waals surface area contributed by atoms with E-state index in [-0.39, 0.29) is 10.7 Å². The molecule has 0 aliphatic carbocycles. The summed E-state index contributed by atoms with van der Waals surface area (Å²) in [4.78, 5) is 0. The standard InChI is InChI=1S/C20H19ClF3N/c1-5-13-8-17(23)20(18(24)9-13)25-12(4)19(11(2)3)15-7-6-14(22)10-16(15)21/h6-10,25H,2,5H2,1,3-4H3/b19-12-. The molecule has 0 aliphatic heterocycles. The molecule has 5 heteroatoms. The minimum Gasteiger partial charge on any atom is -0.354 e. The Morgan fingerprint density at radius 2 is 1.68 bits per heavy atom. The maximum absolute atomic E-state index is 14.2. The highest BCUT2D eigenvalue weighted by atomic mass is 35.5. The second-order valence-electron chi connectivity index (χ2n) is 5.82. The first kappa shape index (κ1) is 19.1. The van der Waals surface area contributed by atoms with Crippen molar-refractivity contribution in [3.05, 3.63) is 81.8 Å². The monoisotopic (exact) mass is 365 g/mol. The quantitative estimate of drug-likeness (QED) is 0.578. The zero-order chi connectivity index (χ0) is 18.7. The van der Waals surface area contributed by atoms with Crippen LogP contribution in [-0.4, -0.2) is 0 Å². The van der Waals surface area contributed by atoms with E-state index in [4.69, 9.17) is 11.6 Å². The third-order valence-corrected chi connectivity index (χ3v) is 4.14. The molecule has 132 valence electrons. The molecule has 0 spiro atoms. The second-order valence-corrected chi connectivity index (χ2v) is 6.22. The molecule has 0 saturated carbocycles. The van der Waals surface area contributed by atoms with Gasteiger partial charge in [-0.1, -0.05) is 25.1 Å². The summed E-state index contributed by atoms with van der Waals surface area (Å²) in [7, 11) is 0. The molecule has 2 aromatic rings. The molecule has 0 heterocycles. The highest BCUT2D eigenvalue weighted by Crippen LogP contribution is 2.33. The van der Waals surface area contributed by atoms with E-state index in [0.29, 0.717) is 34.4 Å². The first-order valence-electron chi connectivity index (χ1n) is 7.81. The third kappa shape index (κ3) is 4.26. The summed E-state index contributed by atoms with van der Waals surface area (Å²) in [5, 5.41) is 2.96. The highest BCUT2D eigenvalue weighted by Gasteiger charge is 2.16. The lowest BCUT2D eigenvalue weighted by Gasteiger charge is -2.17. The number of nitrogens with one attached hydrogen (secondary N) is 1. The molecule has 2 aromatic carbocycles. The van der Waals surface area contributed by atoms with Crippen molar-refractivity contribution in [3.63, 3.8) is 0 Å². The molecule has 0 fully saturated rings. The molecule has 1 N–H and O–H groups in total. The molecule has 0 radical (unpaired) electrons. The first-order valence-corrected chi connectivity index (χ1v) is 8.19. The molecule has 0 aromatic heterocycles. The van der Waals surface area contributed by atoms with E-state index in [2.05, 4.69) is 11.9 Å². The molecule has 0 atom stereocenters. The van der Waals surface area contributed by atoms with Gasteiger partial charge in [-0.3, -0.25) is 0 Å². The van der Waals surface area contributed by atoms with Gasteiger partial charge in [0, 0.05) is 16.8 Å². The molecule has 2 rings (SSSR count). The van der Waals surface area contributed by atoms with Gasteiger partial charge in [0.05, 0.1) is 5.02 Å². The first-order chi connectivity index (χ1) is 11.7. The van der Waals surface area contributed by atoms with Gasteiger partial charge in [-0.25, -0.2) is 13.2 Å². The van der Waals surface area contributed by atoms with Gasteiger partial charge in [0.2, 0.25) is 0 Å². The number of aryl methyl sites for hydroxylation is 1. The number of allylic oxidation sites excluding steroid dienone is 3. The van der Waals surface area contributed by atoms with E-state index in [1.807, 2.05) is 6.92 Å². The van der Waals surface area contributed by atoms with Crippen LogP contribution in [0.25, 0.3) is 5.57 Å². The normalized spacial score (nSPS) is 12.0. The van der Waals surface area contributed by atoms with E-state index in [1.54, 1.807) is 13.8 Å². The molecular weight excluding hydrogens is 347 g/mol. The van der Waals surface area contributed by atoms with Crippen molar-refractivity contribution >= 4 is 22.9 Å². The van der Waals surface area contributed by atoms with Crippen molar-refractivity contribution in [2.45, 2.75) is 27.2 Å². The number of anilines is 1. The van der Waals surface area contributed by atoms with Crippen LogP contribution in [0.3, 0.4) is 0 Å². The number of rotatable bonds is 5. The van der Waals surface area contributed by atoms with E-state index < -0.39 is 17.5 Å². The maximum atomic E-state index is 14.2. The van der Waals surface area contributed by atoms with Crippen molar-refractivity contribution in [3.8, 4) is 0 Å². The van der Waals surface area contributed by atoms with Crippen LogP contribution in [0.15, 0.2) is 48.2 Å². The van der Waals surface area contributed by atoms with Gasteiger partial charge in [0.25, 0.3) is 0 Å². The summed E-state index contributed by atoms with van der Waals surface area (Å²) in [5.74, 6) is -1.82. The van der Waals surface area contributed by atoms with E-state index >= 15 is 0 Å². The average molecular weight is 366 g/mol. The van der Waals surface area contributed by atoms with Gasteiger partial charge < -0.3 is 5.32 Å². The minimum atomic E-state index is -0.678. The molecular formula is C20H19ClF3N. The Bertz CT molecular complexity index is 833. The van der Waals surface area contributed by atoms with E-state index in [0.717, 1.165) is 0 Å². The summed E-state index contributed by atoms with van der Waals surface area (Å²) in [6.45, 7) is 9.12. The van der Waals surface area contributed by atoms with Gasteiger partial charge in [-0.15, -0.1) is 0 Å². The van der Waals surface area contributed by atoms with Crippen LogP contribution in [0.5, 0.6) is 0 Å². The van der Waals surface area contributed by atoms with Crippen LogP contribution < -0.4 is 5.32 Å². The predicted octanol–water partition coefficient (Wildman–Crippen LogP) is 6.74. The molecule has 0 aliphatic rings. The van der Waals surface area contributed by atoms with Crippen LogP contribution in [0.1, 0.15) is 31.9 Å². The van der Waals surface area contributed by atoms with Gasteiger partial charge in [0.15, 0.2) is 0 Å². The summed E-state index contributed by atoms with van der Waals surface area (Å²) in [6.07, 6.45) is 0.533. The molecule has 0 unspecified atom stereocenters. The smallest absolute Gasteiger partial charge is 0.149 e. The predicted molar refractivity (Wildman–Crippen MR) is 98.2 cm³/mol. The maximum Gasteiger partial charge on any atom is 0.149 e. The average Bonchev–Trinajstić information content (AvgIpc) is 2.52. The number of halogens is 4. The SMILES string of the molecule is C=C(C)/C(=C(\C)Nc1c(F)cc(CC)cc1F)c1ccc(F)cc1Cl. The molecule has 1 nitrogen and oxygen atoms in total. The van der Waals surface area contributed by atoms with Gasteiger partial charge in [0.1, 0.15) is 23.1 Å². The Labute approximate surface area is 150 Å². The topological polar surface area (TPSA) is 12.0 Å². The van der Waals surface area contributed by atoms with Crippen molar-refractivity contribution in [1.29, 1.82) is 0 Å². The zero-order valence-electron chi connectivity index (χ0n) is 14.3. The van der Waals surface area contributed by atoms with Crippen molar-refractivity contribution in [1.82, 2.24) is 0 Å². The summed E-state index contributed by atoms with van der Waals surface area (Å²) >= 11 is 6.13. The third-order valence-electron chi connectivity index (χ3n) is 3.82. The van der Waals surface area contributed by atoms with Crippen molar-refractivity contribution < 1.29 is 13.2 Å². The van der Waals surface area contributed by atoms with Gasteiger partial charge >= 0.3 is 0 Å². The fourth-order valence-corrected chi connectivity index (χ4v) is 2.91. The molecule has 0 amide bonds. The van der Waals surface area contributed by atoms with Crippen molar-refractivity contribution in [2.75, 3.05) is 5.32 Å². The van der Waals surface area contributed by atoms with Crippen LogP contribution in [0.2, 0.25) is 5.02 Å². The fraction of sp³-hybridized carbons (Fsp3) is 0.200. The Morgan fingerprint density at radius 1 is 1.08 bits per heavy atom. The van der Waals surface area contributed by atoms with Crippen LogP contribution in [0, 0.1) is 17.5 Å². The molecule has 0 bridgehead atoms. The van der Waals surface area contributed by atoms with E-state index in [9.17, 15) is 13.2 Å². The summed E-state index contributed by atoms with van der Waals surface area (Å²) in [5.41, 5.74) is 2.53. The lowest BCUT2D eigenvalue weighted by molar-refractivity contribution is 0.586. The Balaban J connectivity index is 2.53. The molecule has 0 saturated heterocycles. The number of hydrogen-bond donors (Lipinski definition) is 1. The Kier molecular flexibility index (Phi) is 5.96. The van der Waals surface area contributed by atoms with Crippen LogP contribution >= 0.6 is 11.6 Å². The van der Waals surface area contributed by atoms with Crippen LogP contribution in [-0.2, 0) is 6.42 Å². The zero-order valence-corrected chi connectivity index (χ0v) is 15.1. The van der Waals surface area contributed by atoms with Gasteiger partial charge in [-0.05, 0) is 61.7 Å². The minimum absolute atomic E-state index is 0.196. The largest absolute Gasteiger partial charge is 0.354 e. The summed E-state index contributed by atoms with van der Waals surface area (Å²) < 4.78 is 41.8. The van der Waals surface area contributed by atoms with E-state index in [1.165, 1.54) is 30.3 Å². The summed E-state index contributed by atoms with van der Waals surface area (Å²) in [6, 6.07) is 6.56. The fourth-order valence-electron chi connectivity index (χ4n) is 2.64. The Morgan fingerprint density at radius 3 is 2.16 bits per heavy atom. The lowest BCUT2D eigenvalue weighted by atomic mass is 9.97. The number of benzene rings is 2. The number of hydrogen-bond acceptors (Lipinski definition) is 1. The second kappa shape index (κ2) is 7.79.